The van der Waals surface area contributed by atoms with Crippen LogP contribution >= 0.6 is 11.3 Å². The van der Waals surface area contributed by atoms with Crippen molar-refractivity contribution in [3.05, 3.63) is 16.0 Å². The summed E-state index contributed by atoms with van der Waals surface area (Å²) in [4.78, 5) is 38.1. The van der Waals surface area contributed by atoms with Crippen molar-refractivity contribution < 1.29 is 19.1 Å². The summed E-state index contributed by atoms with van der Waals surface area (Å²) in [7, 11) is 1.25. The van der Waals surface area contributed by atoms with E-state index in [1.807, 2.05) is 0 Å². The van der Waals surface area contributed by atoms with E-state index in [1.54, 1.807) is 6.92 Å². The summed E-state index contributed by atoms with van der Waals surface area (Å²) in [6.07, 6.45) is 2.25. The van der Waals surface area contributed by atoms with Gasteiger partial charge < -0.3 is 15.8 Å². The highest BCUT2D eigenvalue weighted by atomic mass is 32.1. The zero-order valence-corrected chi connectivity index (χ0v) is 15.0. The third-order valence-corrected chi connectivity index (χ3v) is 5.34. The number of hydrogen-bond donors (Lipinski definition) is 2. The van der Waals surface area contributed by atoms with Crippen molar-refractivity contribution in [2.45, 2.75) is 26.7 Å². The van der Waals surface area contributed by atoms with Crippen molar-refractivity contribution in [3.8, 4) is 0 Å². The summed E-state index contributed by atoms with van der Waals surface area (Å²) in [6, 6.07) is 0. The van der Waals surface area contributed by atoms with E-state index in [0.29, 0.717) is 16.5 Å². The predicted molar refractivity (Wildman–Crippen MR) is 92.4 cm³/mol. The molecular formula is C16H23N3O4S. The van der Waals surface area contributed by atoms with E-state index < -0.39 is 11.9 Å². The maximum absolute atomic E-state index is 12.3. The summed E-state index contributed by atoms with van der Waals surface area (Å²) in [5.74, 6) is -0.875. The lowest BCUT2D eigenvalue weighted by molar-refractivity contribution is -0.117. The third-order valence-electron chi connectivity index (χ3n) is 4.12. The van der Waals surface area contributed by atoms with Crippen LogP contribution in [0.4, 0.5) is 5.00 Å². The van der Waals surface area contributed by atoms with Crippen LogP contribution in [0.2, 0.25) is 0 Å². The standard InChI is InChI=1S/C16H23N3O4S/c1-9-5-4-6-19(7-9)8-11(20)18-15-12(16(22)23-3)10(2)13(24-15)14(17)21/h9H,4-8H2,1-3H3,(H2,17,21)(H,18,20)/t9-/m0/s1. The highest BCUT2D eigenvalue weighted by Gasteiger charge is 2.26. The van der Waals surface area contributed by atoms with Gasteiger partial charge in [0, 0.05) is 6.54 Å². The average Bonchev–Trinajstić information content (AvgIpc) is 2.83. The lowest BCUT2D eigenvalue weighted by Gasteiger charge is -2.30. The minimum Gasteiger partial charge on any atom is -0.465 e. The van der Waals surface area contributed by atoms with Gasteiger partial charge in [-0.1, -0.05) is 6.92 Å². The van der Waals surface area contributed by atoms with Crippen molar-refractivity contribution >= 4 is 34.1 Å². The van der Waals surface area contributed by atoms with Crippen LogP contribution in [0.3, 0.4) is 0 Å². The van der Waals surface area contributed by atoms with Gasteiger partial charge in [0.25, 0.3) is 5.91 Å². The molecule has 132 valence electrons. The Morgan fingerprint density at radius 3 is 2.71 bits per heavy atom. The molecule has 1 fully saturated rings. The monoisotopic (exact) mass is 353 g/mol. The van der Waals surface area contributed by atoms with E-state index in [2.05, 4.69) is 17.1 Å². The zero-order chi connectivity index (χ0) is 17.9. The normalized spacial score (nSPS) is 18.2. The lowest BCUT2D eigenvalue weighted by Crippen LogP contribution is -2.39. The Hall–Kier alpha value is -1.93. The number of primary amides is 1. The molecule has 1 aromatic rings. The summed E-state index contributed by atoms with van der Waals surface area (Å²) in [5.41, 5.74) is 5.96. The molecule has 0 aromatic carbocycles. The average molecular weight is 353 g/mol. The Balaban J connectivity index is 2.15. The summed E-state index contributed by atoms with van der Waals surface area (Å²) in [6.45, 7) is 5.81. The van der Waals surface area contributed by atoms with E-state index in [-0.39, 0.29) is 22.9 Å². The second-order valence-electron chi connectivity index (χ2n) is 6.15. The molecule has 24 heavy (non-hydrogen) atoms. The smallest absolute Gasteiger partial charge is 0.341 e. The first-order valence-electron chi connectivity index (χ1n) is 7.87. The Kier molecular flexibility index (Phi) is 5.95. The van der Waals surface area contributed by atoms with Gasteiger partial charge in [-0.3, -0.25) is 14.5 Å². The fraction of sp³-hybridized carbons (Fsp3) is 0.562. The predicted octanol–water partition coefficient (Wildman–Crippen LogP) is 1.61. The fourth-order valence-electron chi connectivity index (χ4n) is 2.98. The van der Waals surface area contributed by atoms with Crippen LogP contribution in [-0.2, 0) is 9.53 Å². The second kappa shape index (κ2) is 7.76. The number of carbonyl (C=O) groups excluding carboxylic acids is 3. The van der Waals surface area contributed by atoms with Crippen molar-refractivity contribution in [1.29, 1.82) is 0 Å². The molecule has 0 unspecified atom stereocenters. The van der Waals surface area contributed by atoms with Gasteiger partial charge in [-0.25, -0.2) is 4.79 Å². The molecule has 1 aliphatic rings. The maximum atomic E-state index is 12.3. The molecular weight excluding hydrogens is 330 g/mol. The molecule has 0 radical (unpaired) electrons. The van der Waals surface area contributed by atoms with Crippen LogP contribution in [-0.4, -0.2) is 49.4 Å². The molecule has 1 atom stereocenters. The van der Waals surface area contributed by atoms with Crippen molar-refractivity contribution in [2.24, 2.45) is 11.7 Å². The number of rotatable bonds is 5. The van der Waals surface area contributed by atoms with Crippen molar-refractivity contribution in [3.63, 3.8) is 0 Å². The number of ether oxygens (including phenoxy) is 1. The highest BCUT2D eigenvalue weighted by Crippen LogP contribution is 2.33. The molecule has 8 heteroatoms. The number of hydrogen-bond acceptors (Lipinski definition) is 6. The zero-order valence-electron chi connectivity index (χ0n) is 14.2. The molecule has 1 aromatic heterocycles. The molecule has 0 spiro atoms. The molecule has 2 amide bonds. The van der Waals surface area contributed by atoms with Gasteiger partial charge in [-0.05, 0) is 37.8 Å². The Morgan fingerprint density at radius 1 is 1.42 bits per heavy atom. The van der Waals surface area contributed by atoms with Gasteiger partial charge in [-0.15, -0.1) is 11.3 Å². The van der Waals surface area contributed by atoms with Crippen LogP contribution in [0.15, 0.2) is 0 Å². The number of likely N-dealkylation sites (tertiary alicyclic amines) is 1. The molecule has 1 aliphatic heterocycles. The van der Waals surface area contributed by atoms with Crippen LogP contribution in [0, 0.1) is 12.8 Å². The minimum absolute atomic E-state index is 0.191. The Bertz CT molecular complexity index is 656. The maximum Gasteiger partial charge on any atom is 0.341 e. The van der Waals surface area contributed by atoms with E-state index in [0.717, 1.165) is 30.8 Å². The number of anilines is 1. The van der Waals surface area contributed by atoms with E-state index in [4.69, 9.17) is 10.5 Å². The number of methoxy groups -OCH3 is 1. The van der Waals surface area contributed by atoms with Gasteiger partial charge >= 0.3 is 5.97 Å². The lowest BCUT2D eigenvalue weighted by atomic mass is 10.0. The van der Waals surface area contributed by atoms with Crippen LogP contribution in [0.5, 0.6) is 0 Å². The molecule has 2 heterocycles. The van der Waals surface area contributed by atoms with Crippen LogP contribution in [0.1, 0.15) is 45.4 Å². The molecule has 0 bridgehead atoms. The number of nitrogens with two attached hydrogens (primary N) is 1. The quantitative estimate of drug-likeness (QED) is 0.783. The largest absolute Gasteiger partial charge is 0.465 e. The summed E-state index contributed by atoms with van der Waals surface area (Å²) >= 11 is 1.00. The van der Waals surface area contributed by atoms with Crippen LogP contribution < -0.4 is 11.1 Å². The summed E-state index contributed by atoms with van der Waals surface area (Å²) in [5, 5.41) is 3.04. The molecule has 3 N–H and O–H groups in total. The minimum atomic E-state index is -0.631. The van der Waals surface area contributed by atoms with Gasteiger partial charge in [-0.2, -0.15) is 0 Å². The first kappa shape index (κ1) is 18.4. The first-order chi connectivity index (χ1) is 11.3. The van der Waals surface area contributed by atoms with Crippen molar-refractivity contribution in [1.82, 2.24) is 4.90 Å². The Morgan fingerprint density at radius 2 is 2.12 bits per heavy atom. The second-order valence-corrected chi connectivity index (χ2v) is 7.17. The van der Waals surface area contributed by atoms with E-state index >= 15 is 0 Å². The number of thiophene rings is 1. The molecule has 0 saturated carbocycles. The number of nitrogens with zero attached hydrogens (tertiary/aromatic N) is 1. The SMILES string of the molecule is COC(=O)c1c(NC(=O)CN2CCC[C@H](C)C2)sc(C(N)=O)c1C. The van der Waals surface area contributed by atoms with Gasteiger partial charge in [0.15, 0.2) is 0 Å². The third kappa shape index (κ3) is 4.12. The number of amides is 2. The Labute approximate surface area is 145 Å². The van der Waals surface area contributed by atoms with Crippen LogP contribution in [0.25, 0.3) is 0 Å². The van der Waals surface area contributed by atoms with Gasteiger partial charge in [0.2, 0.25) is 5.91 Å². The highest BCUT2D eigenvalue weighted by molar-refractivity contribution is 7.18. The summed E-state index contributed by atoms with van der Waals surface area (Å²) < 4.78 is 4.75. The molecule has 7 nitrogen and oxygen atoms in total. The van der Waals surface area contributed by atoms with E-state index in [9.17, 15) is 14.4 Å². The molecule has 0 aliphatic carbocycles. The van der Waals surface area contributed by atoms with Crippen molar-refractivity contribution in [2.75, 3.05) is 32.1 Å². The number of carbonyl (C=O) groups is 3. The topological polar surface area (TPSA) is 102 Å². The fourth-order valence-corrected chi connectivity index (χ4v) is 4.05. The molecule has 1 saturated heterocycles. The van der Waals surface area contributed by atoms with Gasteiger partial charge in [0.05, 0.1) is 24.1 Å². The van der Waals surface area contributed by atoms with E-state index in [1.165, 1.54) is 13.5 Å². The number of esters is 1. The molecule has 2 rings (SSSR count). The number of nitrogens with one attached hydrogen (secondary N) is 1. The van der Waals surface area contributed by atoms with Gasteiger partial charge in [0.1, 0.15) is 5.00 Å². The number of piperidine rings is 1. The first-order valence-corrected chi connectivity index (χ1v) is 8.68.